The Bertz CT molecular complexity index is 823. The molecule has 1 fully saturated rings. The molecule has 0 bridgehead atoms. The van der Waals surface area contributed by atoms with Crippen LogP contribution in [-0.4, -0.2) is 49.9 Å². The molecule has 1 unspecified atom stereocenters. The van der Waals surface area contributed by atoms with Crippen molar-refractivity contribution in [3.05, 3.63) is 29.3 Å². The fourth-order valence-electron chi connectivity index (χ4n) is 2.65. The van der Waals surface area contributed by atoms with E-state index in [1.165, 1.54) is 29.4 Å². The number of hydrogen-bond donors (Lipinski definition) is 2. The molecule has 1 aliphatic rings. The van der Waals surface area contributed by atoms with Gasteiger partial charge in [-0.05, 0) is 37.1 Å². The topological polar surface area (TPSA) is 104 Å². The zero-order valence-corrected chi connectivity index (χ0v) is 14.5. The lowest BCUT2D eigenvalue weighted by atomic mass is 10.1. The second-order valence-electron chi connectivity index (χ2n) is 5.92. The number of sulfonamides is 1. The van der Waals surface area contributed by atoms with Crippen LogP contribution in [0.5, 0.6) is 0 Å². The molecule has 1 heterocycles. The van der Waals surface area contributed by atoms with Gasteiger partial charge in [0.05, 0.1) is 17.9 Å². The molecule has 7 nitrogen and oxygen atoms in total. The van der Waals surface area contributed by atoms with Crippen LogP contribution in [0.15, 0.2) is 18.2 Å². The van der Waals surface area contributed by atoms with Gasteiger partial charge < -0.3 is 10.4 Å². The zero-order chi connectivity index (χ0) is 19.7. The number of carbonyl (C=O) groups excluding carboxylic acids is 1. The van der Waals surface area contributed by atoms with E-state index in [-0.39, 0.29) is 11.3 Å². The van der Waals surface area contributed by atoms with Crippen LogP contribution in [0.2, 0.25) is 0 Å². The van der Waals surface area contributed by atoms with Gasteiger partial charge in [-0.2, -0.15) is 13.2 Å². The molecule has 11 heteroatoms. The summed E-state index contributed by atoms with van der Waals surface area (Å²) in [5.74, 6) is -2.76. The van der Waals surface area contributed by atoms with E-state index in [1.54, 1.807) is 0 Å². The summed E-state index contributed by atoms with van der Waals surface area (Å²) in [4.78, 5) is 23.1. The van der Waals surface area contributed by atoms with Crippen LogP contribution in [0.3, 0.4) is 0 Å². The van der Waals surface area contributed by atoms with E-state index in [2.05, 4.69) is 0 Å². The van der Waals surface area contributed by atoms with Gasteiger partial charge >= 0.3 is 12.1 Å². The quantitative estimate of drug-likeness (QED) is 0.791. The van der Waals surface area contributed by atoms with Crippen molar-refractivity contribution >= 4 is 27.6 Å². The minimum Gasteiger partial charge on any atom is -0.480 e. The van der Waals surface area contributed by atoms with Crippen molar-refractivity contribution in [2.45, 2.75) is 32.0 Å². The molecule has 0 aliphatic carbocycles. The molecule has 1 atom stereocenters. The number of aliphatic carboxylic acids is 1. The number of benzene rings is 1. The molecule has 1 amide bonds. The third-order valence-corrected chi connectivity index (χ3v) is 5.75. The van der Waals surface area contributed by atoms with Crippen molar-refractivity contribution in [3.8, 4) is 0 Å². The Kier molecular flexibility index (Phi) is 5.49. The Morgan fingerprint density at radius 3 is 2.46 bits per heavy atom. The first-order valence-electron chi connectivity index (χ1n) is 7.62. The molecule has 26 heavy (non-hydrogen) atoms. The summed E-state index contributed by atoms with van der Waals surface area (Å²) in [7, 11) is -3.41. The molecule has 0 saturated carbocycles. The Morgan fingerprint density at radius 1 is 1.35 bits per heavy atom. The number of amides is 1. The van der Waals surface area contributed by atoms with Crippen LogP contribution < -0.4 is 9.62 Å². The molecule has 0 spiro atoms. The Hall–Kier alpha value is -2.30. The second-order valence-corrected chi connectivity index (χ2v) is 7.94. The zero-order valence-electron chi connectivity index (χ0n) is 13.7. The van der Waals surface area contributed by atoms with Crippen molar-refractivity contribution in [2.24, 2.45) is 0 Å². The summed E-state index contributed by atoms with van der Waals surface area (Å²) < 4.78 is 62.3. The lowest BCUT2D eigenvalue weighted by Gasteiger charge is -2.19. The average Bonchev–Trinajstić information content (AvgIpc) is 2.84. The van der Waals surface area contributed by atoms with Crippen LogP contribution in [0, 0.1) is 6.92 Å². The van der Waals surface area contributed by atoms with E-state index in [4.69, 9.17) is 5.11 Å². The van der Waals surface area contributed by atoms with Gasteiger partial charge in [-0.15, -0.1) is 0 Å². The number of rotatable bonds is 5. The van der Waals surface area contributed by atoms with Crippen LogP contribution in [0.4, 0.5) is 18.9 Å². The van der Waals surface area contributed by atoms with E-state index in [9.17, 15) is 31.2 Å². The van der Waals surface area contributed by atoms with Crippen LogP contribution in [0.25, 0.3) is 0 Å². The number of nitrogens with zero attached hydrogens (tertiary/aromatic N) is 1. The van der Waals surface area contributed by atoms with E-state index in [0.29, 0.717) is 24.2 Å². The van der Waals surface area contributed by atoms with Crippen LogP contribution in [-0.2, 0) is 14.8 Å². The van der Waals surface area contributed by atoms with Crippen molar-refractivity contribution in [3.63, 3.8) is 0 Å². The monoisotopic (exact) mass is 394 g/mol. The molecule has 1 aromatic rings. The normalized spacial score (nSPS) is 17.8. The van der Waals surface area contributed by atoms with Gasteiger partial charge in [0.2, 0.25) is 10.0 Å². The minimum absolute atomic E-state index is 0.0199. The van der Waals surface area contributed by atoms with E-state index < -0.39 is 40.5 Å². The molecule has 0 aromatic heterocycles. The fourth-order valence-corrected chi connectivity index (χ4v) is 4.21. The van der Waals surface area contributed by atoms with Gasteiger partial charge in [0.15, 0.2) is 0 Å². The summed E-state index contributed by atoms with van der Waals surface area (Å²) in [6.07, 6.45) is -5.97. The van der Waals surface area contributed by atoms with Crippen LogP contribution in [0.1, 0.15) is 28.8 Å². The van der Waals surface area contributed by atoms with Gasteiger partial charge in [-0.3, -0.25) is 9.10 Å². The fraction of sp³-hybridized carbons (Fsp3) is 0.467. The van der Waals surface area contributed by atoms with Gasteiger partial charge in [-0.1, -0.05) is 0 Å². The van der Waals surface area contributed by atoms with E-state index >= 15 is 0 Å². The van der Waals surface area contributed by atoms with E-state index in [0.717, 1.165) is 0 Å². The highest BCUT2D eigenvalue weighted by atomic mass is 32.2. The first-order chi connectivity index (χ1) is 11.9. The van der Waals surface area contributed by atoms with Gasteiger partial charge in [0.1, 0.15) is 6.04 Å². The van der Waals surface area contributed by atoms with Gasteiger partial charge in [-0.25, -0.2) is 13.2 Å². The first-order valence-corrected chi connectivity index (χ1v) is 9.23. The summed E-state index contributed by atoms with van der Waals surface area (Å²) in [5.41, 5.74) is 0.638. The van der Waals surface area contributed by atoms with Gasteiger partial charge in [0, 0.05) is 12.1 Å². The number of carboxylic acids is 1. The van der Waals surface area contributed by atoms with Crippen LogP contribution >= 0.6 is 0 Å². The molecule has 144 valence electrons. The highest BCUT2D eigenvalue weighted by Crippen LogP contribution is 2.26. The Balaban J connectivity index is 2.20. The summed E-state index contributed by atoms with van der Waals surface area (Å²) in [6, 6.07) is 1.95. The molecule has 2 N–H and O–H groups in total. The maximum absolute atomic E-state index is 12.4. The largest absolute Gasteiger partial charge is 0.480 e. The average molecular weight is 394 g/mol. The highest BCUT2D eigenvalue weighted by Gasteiger charge is 2.36. The molecular formula is C15H17F3N2O5S. The number of alkyl halides is 3. The lowest BCUT2D eigenvalue weighted by Crippen LogP contribution is -2.43. The van der Waals surface area contributed by atoms with Crippen molar-refractivity contribution < 1.29 is 36.3 Å². The number of hydrogen-bond acceptors (Lipinski definition) is 4. The molecule has 1 aromatic carbocycles. The number of nitrogens with one attached hydrogen (secondary N) is 1. The van der Waals surface area contributed by atoms with Crippen molar-refractivity contribution in [2.75, 3.05) is 16.6 Å². The Labute approximate surface area is 147 Å². The number of carboxylic acid groups (broad SMARTS) is 1. The number of anilines is 1. The standard InChI is InChI=1S/C15H17F3N2O5S/c1-9-7-10(20-5-2-6-26(20,24)25)3-4-11(9)13(21)19-12(14(22)23)8-15(16,17)18/h3-4,7,12H,2,5-6,8H2,1H3,(H,19,21)(H,22,23). The SMILES string of the molecule is Cc1cc(N2CCCS2(=O)=O)ccc1C(=O)NC(CC(F)(F)F)C(=O)O. The van der Waals surface area contributed by atoms with Crippen molar-refractivity contribution in [1.29, 1.82) is 0 Å². The van der Waals surface area contributed by atoms with E-state index in [1.807, 2.05) is 5.32 Å². The lowest BCUT2D eigenvalue weighted by molar-refractivity contribution is -0.157. The molecule has 0 radical (unpaired) electrons. The summed E-state index contributed by atoms with van der Waals surface area (Å²) in [5, 5.41) is 10.7. The molecule has 1 aliphatic heterocycles. The van der Waals surface area contributed by atoms with Gasteiger partial charge in [0.25, 0.3) is 5.91 Å². The predicted octanol–water partition coefficient (Wildman–Crippen LogP) is 1.67. The summed E-state index contributed by atoms with van der Waals surface area (Å²) in [6.45, 7) is 1.79. The minimum atomic E-state index is -4.75. The maximum atomic E-state index is 12.4. The second kappa shape index (κ2) is 7.14. The Morgan fingerprint density at radius 2 is 2.00 bits per heavy atom. The number of carbonyl (C=O) groups is 2. The summed E-state index contributed by atoms with van der Waals surface area (Å²) >= 11 is 0. The highest BCUT2D eigenvalue weighted by molar-refractivity contribution is 7.93. The molecule has 2 rings (SSSR count). The number of aryl methyl sites for hydroxylation is 1. The third-order valence-electron chi connectivity index (χ3n) is 3.88. The van der Waals surface area contributed by atoms with Crippen molar-refractivity contribution in [1.82, 2.24) is 5.32 Å². The maximum Gasteiger partial charge on any atom is 0.391 e. The molecule has 1 saturated heterocycles. The molecular weight excluding hydrogens is 377 g/mol. The first kappa shape index (κ1) is 20.0. The third kappa shape index (κ3) is 4.65. The predicted molar refractivity (Wildman–Crippen MR) is 86.5 cm³/mol. The number of halogens is 3. The smallest absolute Gasteiger partial charge is 0.391 e.